The van der Waals surface area contributed by atoms with E-state index in [1.165, 1.54) is 22.9 Å². The van der Waals surface area contributed by atoms with Crippen molar-refractivity contribution in [2.45, 2.75) is 44.4 Å². The molecule has 2 aromatic carbocycles. The van der Waals surface area contributed by atoms with E-state index in [-0.39, 0.29) is 17.2 Å². The Hall–Kier alpha value is -2.90. The third-order valence-electron chi connectivity index (χ3n) is 5.58. The number of carbonyl (C=O) groups excluding carboxylic acids is 1. The van der Waals surface area contributed by atoms with E-state index in [2.05, 4.69) is 46.2 Å². The molecular formula is C25H28N4O2S. The van der Waals surface area contributed by atoms with Crippen LogP contribution in [0.2, 0.25) is 0 Å². The van der Waals surface area contributed by atoms with Crippen LogP contribution in [0.3, 0.4) is 0 Å². The number of anilines is 1. The minimum atomic E-state index is -0.123. The maximum absolute atomic E-state index is 12.7. The first-order chi connectivity index (χ1) is 15.5. The Morgan fingerprint density at radius 1 is 1.16 bits per heavy atom. The van der Waals surface area contributed by atoms with Crippen molar-refractivity contribution in [1.82, 2.24) is 14.9 Å². The highest BCUT2D eigenvalue weighted by atomic mass is 32.2. The van der Waals surface area contributed by atoms with Crippen LogP contribution in [0.25, 0.3) is 0 Å². The number of H-pyrrole nitrogens is 1. The van der Waals surface area contributed by atoms with Crippen molar-refractivity contribution in [2.75, 3.05) is 17.6 Å². The van der Waals surface area contributed by atoms with Crippen LogP contribution in [0.4, 0.5) is 5.69 Å². The molecule has 1 amide bonds. The molecule has 2 N–H and O–H groups in total. The first kappa shape index (κ1) is 22.3. The second-order valence-electron chi connectivity index (χ2n) is 8.36. The summed E-state index contributed by atoms with van der Waals surface area (Å²) in [5, 5.41) is 3.39. The lowest BCUT2D eigenvalue weighted by Crippen LogP contribution is -2.35. The molecule has 4 rings (SSSR count). The quantitative estimate of drug-likeness (QED) is 0.419. The van der Waals surface area contributed by atoms with Crippen molar-refractivity contribution in [3.05, 3.63) is 87.3 Å². The lowest BCUT2D eigenvalue weighted by Gasteiger charge is -2.27. The third-order valence-corrected chi connectivity index (χ3v) is 6.45. The number of nitrogens with zero attached hydrogens (tertiary/aromatic N) is 2. The van der Waals surface area contributed by atoms with Gasteiger partial charge in [-0.05, 0) is 29.2 Å². The van der Waals surface area contributed by atoms with E-state index in [4.69, 9.17) is 0 Å². The van der Waals surface area contributed by atoms with Gasteiger partial charge in [0.15, 0.2) is 5.16 Å². The zero-order chi connectivity index (χ0) is 22.5. The summed E-state index contributed by atoms with van der Waals surface area (Å²) in [6.07, 6.45) is 0.730. The predicted molar refractivity (Wildman–Crippen MR) is 129 cm³/mol. The molecule has 1 aromatic heterocycles. The smallest absolute Gasteiger partial charge is 0.256 e. The number of thioether (sulfide) groups is 1. The molecule has 0 unspecified atom stereocenters. The number of aromatic nitrogens is 2. The number of fused-ring (bicyclic) bond motifs is 1. The summed E-state index contributed by atoms with van der Waals surface area (Å²) in [4.78, 5) is 34.7. The van der Waals surface area contributed by atoms with Crippen LogP contribution >= 0.6 is 11.8 Å². The number of hydrogen-bond donors (Lipinski definition) is 2. The summed E-state index contributed by atoms with van der Waals surface area (Å²) in [7, 11) is 0. The number of aromatic amines is 1. The van der Waals surface area contributed by atoms with E-state index in [0.717, 1.165) is 36.5 Å². The summed E-state index contributed by atoms with van der Waals surface area (Å²) in [6, 6.07) is 18.1. The van der Waals surface area contributed by atoms with E-state index in [1.807, 2.05) is 42.5 Å². The fourth-order valence-corrected chi connectivity index (χ4v) is 4.47. The lowest BCUT2D eigenvalue weighted by molar-refractivity contribution is -0.113. The average Bonchev–Trinajstić information content (AvgIpc) is 2.79. The van der Waals surface area contributed by atoms with Crippen molar-refractivity contribution < 1.29 is 4.79 Å². The molecule has 6 nitrogen and oxygen atoms in total. The average molecular weight is 449 g/mol. The minimum absolute atomic E-state index is 0.111. The maximum Gasteiger partial charge on any atom is 0.256 e. The van der Waals surface area contributed by atoms with Gasteiger partial charge in [-0.15, -0.1) is 0 Å². The molecule has 3 aromatic rings. The van der Waals surface area contributed by atoms with Crippen LogP contribution in [-0.4, -0.2) is 33.1 Å². The summed E-state index contributed by atoms with van der Waals surface area (Å²) < 4.78 is 0. The number of benzene rings is 2. The van der Waals surface area contributed by atoms with Crippen LogP contribution in [0, 0.1) is 0 Å². The SMILES string of the molecule is CC(C)c1ccc(NC(=O)CSc2nc3c(c(=O)[nH]2)CN(Cc2ccccc2)CC3)cc1. The van der Waals surface area contributed by atoms with Gasteiger partial charge in [0, 0.05) is 31.7 Å². The fourth-order valence-electron chi connectivity index (χ4n) is 3.79. The summed E-state index contributed by atoms with van der Waals surface area (Å²) in [6.45, 7) is 6.53. The zero-order valence-corrected chi connectivity index (χ0v) is 19.2. The monoisotopic (exact) mass is 448 g/mol. The zero-order valence-electron chi connectivity index (χ0n) is 18.4. The van der Waals surface area contributed by atoms with Gasteiger partial charge in [-0.25, -0.2) is 4.98 Å². The maximum atomic E-state index is 12.7. The Kier molecular flexibility index (Phi) is 7.07. The second kappa shape index (κ2) is 10.1. The van der Waals surface area contributed by atoms with Crippen LogP contribution in [-0.2, 0) is 24.3 Å². The van der Waals surface area contributed by atoms with Gasteiger partial charge in [-0.1, -0.05) is 68.1 Å². The number of rotatable bonds is 7. The Balaban J connectivity index is 1.34. The summed E-state index contributed by atoms with van der Waals surface area (Å²) >= 11 is 1.25. The molecule has 2 heterocycles. The van der Waals surface area contributed by atoms with E-state index in [0.29, 0.717) is 17.6 Å². The Bertz CT molecular complexity index is 1130. The van der Waals surface area contributed by atoms with Crippen molar-refractivity contribution >= 4 is 23.4 Å². The normalized spacial score (nSPS) is 13.7. The molecule has 1 aliphatic heterocycles. The van der Waals surface area contributed by atoms with Gasteiger partial charge < -0.3 is 10.3 Å². The van der Waals surface area contributed by atoms with Crippen molar-refractivity contribution in [2.24, 2.45) is 0 Å². The van der Waals surface area contributed by atoms with Crippen LogP contribution in [0.1, 0.15) is 42.1 Å². The molecule has 1 aliphatic rings. The number of hydrogen-bond acceptors (Lipinski definition) is 5. The number of carbonyl (C=O) groups is 1. The second-order valence-corrected chi connectivity index (χ2v) is 9.32. The van der Waals surface area contributed by atoms with Gasteiger partial charge in [0.2, 0.25) is 5.91 Å². The molecule has 0 spiro atoms. The highest BCUT2D eigenvalue weighted by molar-refractivity contribution is 7.99. The van der Waals surface area contributed by atoms with Crippen LogP contribution in [0.15, 0.2) is 64.5 Å². The van der Waals surface area contributed by atoms with Gasteiger partial charge in [-0.3, -0.25) is 14.5 Å². The number of nitrogens with one attached hydrogen (secondary N) is 2. The van der Waals surface area contributed by atoms with Gasteiger partial charge in [0.25, 0.3) is 5.56 Å². The molecule has 166 valence electrons. The first-order valence-electron chi connectivity index (χ1n) is 10.9. The van der Waals surface area contributed by atoms with Gasteiger partial charge >= 0.3 is 0 Å². The largest absolute Gasteiger partial charge is 0.325 e. The third kappa shape index (κ3) is 5.66. The molecule has 0 saturated carbocycles. The first-order valence-corrected chi connectivity index (χ1v) is 11.9. The van der Waals surface area contributed by atoms with Gasteiger partial charge in [0.05, 0.1) is 17.0 Å². The highest BCUT2D eigenvalue weighted by Crippen LogP contribution is 2.20. The molecule has 32 heavy (non-hydrogen) atoms. The molecule has 0 aliphatic carbocycles. The number of amides is 1. The molecule has 0 saturated heterocycles. The molecular weight excluding hydrogens is 420 g/mol. The Labute approximate surface area is 192 Å². The lowest BCUT2D eigenvalue weighted by atomic mass is 10.0. The van der Waals surface area contributed by atoms with E-state index in [1.54, 1.807) is 0 Å². The Morgan fingerprint density at radius 3 is 2.62 bits per heavy atom. The fraction of sp³-hybridized carbons (Fsp3) is 0.320. The topological polar surface area (TPSA) is 78.1 Å². The van der Waals surface area contributed by atoms with Crippen LogP contribution < -0.4 is 10.9 Å². The summed E-state index contributed by atoms with van der Waals surface area (Å²) in [5.74, 6) is 0.516. The van der Waals surface area contributed by atoms with Crippen molar-refractivity contribution in [3.8, 4) is 0 Å². The van der Waals surface area contributed by atoms with Gasteiger partial charge in [-0.2, -0.15) is 0 Å². The standard InChI is InChI=1S/C25H28N4O2S/c1-17(2)19-8-10-20(11-9-19)26-23(30)16-32-25-27-22-12-13-29(15-21(22)24(31)28-25)14-18-6-4-3-5-7-18/h3-11,17H,12-16H2,1-2H3,(H,26,30)(H,27,28,31). The molecule has 0 fully saturated rings. The highest BCUT2D eigenvalue weighted by Gasteiger charge is 2.21. The van der Waals surface area contributed by atoms with Gasteiger partial charge in [0.1, 0.15) is 0 Å². The van der Waals surface area contributed by atoms with E-state index >= 15 is 0 Å². The van der Waals surface area contributed by atoms with Crippen molar-refractivity contribution in [1.29, 1.82) is 0 Å². The molecule has 0 radical (unpaired) electrons. The van der Waals surface area contributed by atoms with E-state index < -0.39 is 0 Å². The van der Waals surface area contributed by atoms with E-state index in [9.17, 15) is 9.59 Å². The minimum Gasteiger partial charge on any atom is -0.325 e. The molecule has 0 bridgehead atoms. The Morgan fingerprint density at radius 2 is 1.91 bits per heavy atom. The van der Waals surface area contributed by atoms with Crippen LogP contribution in [0.5, 0.6) is 0 Å². The predicted octanol–water partition coefficient (Wildman–Crippen LogP) is 4.18. The molecule has 7 heteroatoms. The molecule has 0 atom stereocenters. The van der Waals surface area contributed by atoms with Crippen molar-refractivity contribution in [3.63, 3.8) is 0 Å². The summed E-state index contributed by atoms with van der Waals surface area (Å²) in [5.41, 5.74) is 4.69.